The Morgan fingerprint density at radius 1 is 0.810 bits per heavy atom. The first-order chi connectivity index (χ1) is 10.3. The summed E-state index contributed by atoms with van der Waals surface area (Å²) in [5, 5.41) is 17.5. The van der Waals surface area contributed by atoms with Gasteiger partial charge in [-0.15, -0.1) is 0 Å². The Labute approximate surface area is 123 Å². The van der Waals surface area contributed by atoms with Gasteiger partial charge in [0.15, 0.2) is 0 Å². The number of hydrogen-bond acceptors (Lipinski definition) is 2. The molecule has 2 heteroatoms. The van der Waals surface area contributed by atoms with Crippen molar-refractivity contribution < 1.29 is 0 Å². The molecule has 21 heavy (non-hydrogen) atoms. The van der Waals surface area contributed by atoms with Gasteiger partial charge < -0.3 is 0 Å². The lowest BCUT2D eigenvalue weighted by Gasteiger charge is -2.01. The smallest absolute Gasteiger partial charge is 0.126 e. The van der Waals surface area contributed by atoms with Gasteiger partial charge in [-0.3, -0.25) is 0 Å². The first kappa shape index (κ1) is 12.9. The van der Waals surface area contributed by atoms with Gasteiger partial charge in [0, 0.05) is 0 Å². The fourth-order valence-corrected chi connectivity index (χ4v) is 2.68. The molecule has 0 spiro atoms. The molecule has 0 amide bonds. The standard InChI is InChI=1S/C19H12N2/c20-12-14(13-21)6-5-11-19-17-9-3-1-7-15(17)16-8-2-4-10-18(16)19/h1-4,6-11H,5H2. The molecule has 0 heterocycles. The van der Waals surface area contributed by atoms with E-state index in [1.54, 1.807) is 6.08 Å². The minimum absolute atomic E-state index is 0.159. The molecule has 0 fully saturated rings. The van der Waals surface area contributed by atoms with Crippen LogP contribution in [-0.4, -0.2) is 0 Å². The topological polar surface area (TPSA) is 47.6 Å². The number of nitriles is 2. The van der Waals surface area contributed by atoms with E-state index in [4.69, 9.17) is 10.5 Å². The van der Waals surface area contributed by atoms with Crippen LogP contribution in [0.1, 0.15) is 17.5 Å². The molecular weight excluding hydrogens is 256 g/mol. The van der Waals surface area contributed by atoms with Gasteiger partial charge >= 0.3 is 0 Å². The van der Waals surface area contributed by atoms with Crippen molar-refractivity contribution >= 4 is 5.57 Å². The molecular formula is C19H12N2. The van der Waals surface area contributed by atoms with Crippen LogP contribution in [0.3, 0.4) is 0 Å². The molecule has 1 aliphatic rings. The minimum atomic E-state index is 0.159. The molecule has 0 unspecified atom stereocenters. The SMILES string of the molecule is N#CC(C#N)=CCC=C1c2ccccc2-c2ccccc21. The molecule has 98 valence electrons. The summed E-state index contributed by atoms with van der Waals surface area (Å²) >= 11 is 0. The van der Waals surface area contributed by atoms with Crippen LogP contribution in [0.25, 0.3) is 16.7 Å². The maximum absolute atomic E-state index is 8.77. The van der Waals surface area contributed by atoms with Crippen LogP contribution in [0, 0.1) is 22.7 Å². The zero-order valence-electron chi connectivity index (χ0n) is 11.4. The van der Waals surface area contributed by atoms with Crippen molar-refractivity contribution in [1.29, 1.82) is 10.5 Å². The number of hydrogen-bond donors (Lipinski definition) is 0. The summed E-state index contributed by atoms with van der Waals surface area (Å²) in [5.74, 6) is 0. The summed E-state index contributed by atoms with van der Waals surface area (Å²) in [7, 11) is 0. The molecule has 0 saturated carbocycles. The fraction of sp³-hybridized carbons (Fsp3) is 0.0526. The summed E-state index contributed by atoms with van der Waals surface area (Å²) in [6.07, 6.45) is 4.32. The molecule has 0 atom stereocenters. The molecule has 1 aliphatic carbocycles. The van der Waals surface area contributed by atoms with Crippen molar-refractivity contribution in [1.82, 2.24) is 0 Å². The third kappa shape index (κ3) is 2.24. The van der Waals surface area contributed by atoms with Crippen LogP contribution < -0.4 is 0 Å². The molecule has 0 saturated heterocycles. The lowest BCUT2D eigenvalue weighted by molar-refractivity contribution is 1.35. The highest BCUT2D eigenvalue weighted by atomic mass is 14.3. The summed E-state index contributed by atoms with van der Waals surface area (Å²) in [5.41, 5.74) is 6.23. The van der Waals surface area contributed by atoms with Crippen LogP contribution in [-0.2, 0) is 0 Å². The number of nitrogens with zero attached hydrogens (tertiary/aromatic N) is 2. The van der Waals surface area contributed by atoms with Gasteiger partial charge in [-0.05, 0) is 34.2 Å². The second kappa shape index (κ2) is 5.49. The second-order valence-electron chi connectivity index (χ2n) is 4.79. The van der Waals surface area contributed by atoms with E-state index in [0.29, 0.717) is 6.42 Å². The Kier molecular flexibility index (Phi) is 3.37. The maximum atomic E-state index is 8.77. The average Bonchev–Trinajstić information content (AvgIpc) is 2.86. The highest BCUT2D eigenvalue weighted by Crippen LogP contribution is 2.43. The van der Waals surface area contributed by atoms with Crippen molar-refractivity contribution in [2.75, 3.05) is 0 Å². The van der Waals surface area contributed by atoms with Crippen LogP contribution in [0.15, 0.2) is 66.3 Å². The first-order valence-corrected chi connectivity index (χ1v) is 6.75. The quantitative estimate of drug-likeness (QED) is 0.644. The molecule has 0 aromatic heterocycles. The van der Waals surface area contributed by atoms with Gasteiger partial charge in [0.05, 0.1) is 0 Å². The monoisotopic (exact) mass is 268 g/mol. The molecule has 2 aromatic rings. The number of fused-ring (bicyclic) bond motifs is 3. The minimum Gasteiger partial charge on any atom is -0.192 e. The fourth-order valence-electron chi connectivity index (χ4n) is 2.68. The van der Waals surface area contributed by atoms with Crippen molar-refractivity contribution in [2.24, 2.45) is 0 Å². The third-order valence-corrected chi connectivity index (χ3v) is 3.61. The zero-order valence-corrected chi connectivity index (χ0v) is 11.4. The maximum Gasteiger partial charge on any atom is 0.126 e. The van der Waals surface area contributed by atoms with E-state index in [-0.39, 0.29) is 5.57 Å². The Hall–Kier alpha value is -3.10. The Morgan fingerprint density at radius 3 is 1.76 bits per heavy atom. The van der Waals surface area contributed by atoms with E-state index >= 15 is 0 Å². The van der Waals surface area contributed by atoms with E-state index in [1.165, 1.54) is 27.8 Å². The Balaban J connectivity index is 2.06. The van der Waals surface area contributed by atoms with E-state index in [2.05, 4.69) is 30.3 Å². The lowest BCUT2D eigenvalue weighted by Crippen LogP contribution is -1.81. The molecule has 2 aromatic carbocycles. The van der Waals surface area contributed by atoms with Crippen LogP contribution in [0.2, 0.25) is 0 Å². The van der Waals surface area contributed by atoms with Gasteiger partial charge in [0.2, 0.25) is 0 Å². The Bertz CT molecular complexity index is 779. The molecule has 0 radical (unpaired) electrons. The highest BCUT2D eigenvalue weighted by Gasteiger charge is 2.21. The largest absolute Gasteiger partial charge is 0.192 e. The van der Waals surface area contributed by atoms with Crippen molar-refractivity contribution in [3.8, 4) is 23.3 Å². The molecule has 0 N–H and O–H groups in total. The van der Waals surface area contributed by atoms with Crippen LogP contribution >= 0.6 is 0 Å². The number of rotatable bonds is 2. The van der Waals surface area contributed by atoms with Gasteiger partial charge in [-0.1, -0.05) is 60.7 Å². The predicted octanol–water partition coefficient (Wildman–Crippen LogP) is 4.46. The molecule has 2 nitrogen and oxygen atoms in total. The number of benzene rings is 2. The van der Waals surface area contributed by atoms with Crippen LogP contribution in [0.5, 0.6) is 0 Å². The van der Waals surface area contributed by atoms with Gasteiger partial charge in [0.1, 0.15) is 17.7 Å². The zero-order chi connectivity index (χ0) is 14.7. The molecule has 3 rings (SSSR count). The predicted molar refractivity (Wildman–Crippen MR) is 82.9 cm³/mol. The highest BCUT2D eigenvalue weighted by molar-refractivity contribution is 6.01. The van der Waals surface area contributed by atoms with Crippen molar-refractivity contribution in [3.05, 3.63) is 77.4 Å². The Morgan fingerprint density at radius 2 is 1.29 bits per heavy atom. The van der Waals surface area contributed by atoms with Gasteiger partial charge in [-0.25, -0.2) is 0 Å². The summed E-state index contributed by atoms with van der Waals surface area (Å²) in [6.45, 7) is 0. The van der Waals surface area contributed by atoms with Crippen LogP contribution in [0.4, 0.5) is 0 Å². The normalized spacial score (nSPS) is 10.9. The van der Waals surface area contributed by atoms with Gasteiger partial charge in [-0.2, -0.15) is 10.5 Å². The van der Waals surface area contributed by atoms with E-state index < -0.39 is 0 Å². The lowest BCUT2D eigenvalue weighted by atomic mass is 10.0. The van der Waals surface area contributed by atoms with Crippen molar-refractivity contribution in [2.45, 2.75) is 6.42 Å². The summed E-state index contributed by atoms with van der Waals surface area (Å²) in [4.78, 5) is 0. The summed E-state index contributed by atoms with van der Waals surface area (Å²) in [6, 6.07) is 20.4. The van der Waals surface area contributed by atoms with E-state index in [9.17, 15) is 0 Å². The van der Waals surface area contributed by atoms with E-state index in [0.717, 1.165) is 0 Å². The average molecular weight is 268 g/mol. The third-order valence-electron chi connectivity index (χ3n) is 3.61. The first-order valence-electron chi connectivity index (χ1n) is 6.75. The number of allylic oxidation sites excluding steroid dienone is 3. The van der Waals surface area contributed by atoms with Crippen molar-refractivity contribution in [3.63, 3.8) is 0 Å². The molecule has 0 bridgehead atoms. The summed E-state index contributed by atoms with van der Waals surface area (Å²) < 4.78 is 0. The molecule has 0 aliphatic heterocycles. The second-order valence-corrected chi connectivity index (χ2v) is 4.79. The van der Waals surface area contributed by atoms with Gasteiger partial charge in [0.25, 0.3) is 0 Å². The van der Waals surface area contributed by atoms with E-state index in [1.807, 2.05) is 36.4 Å².